The molecule has 1 heterocycles. The van der Waals surface area contributed by atoms with Crippen LogP contribution < -0.4 is 4.74 Å². The number of hydrogen-bond acceptors (Lipinski definition) is 3. The van der Waals surface area contributed by atoms with E-state index in [1.807, 2.05) is 0 Å². The molecule has 1 aliphatic heterocycles. The van der Waals surface area contributed by atoms with Crippen LogP contribution in [0.4, 0.5) is 8.78 Å². The highest BCUT2D eigenvalue weighted by Gasteiger charge is 2.24. The van der Waals surface area contributed by atoms with Crippen molar-refractivity contribution in [1.82, 2.24) is 4.90 Å². The minimum absolute atomic E-state index is 0.0642. The summed E-state index contributed by atoms with van der Waals surface area (Å²) in [5.74, 6) is 0.255. The fourth-order valence-electron chi connectivity index (χ4n) is 2.80. The van der Waals surface area contributed by atoms with E-state index in [0.29, 0.717) is 41.6 Å². The van der Waals surface area contributed by atoms with Crippen LogP contribution in [0.15, 0.2) is 42.5 Å². The summed E-state index contributed by atoms with van der Waals surface area (Å²) in [5.41, 5.74) is 0.363. The number of benzene rings is 2. The molecule has 1 aliphatic rings. The Labute approximate surface area is 160 Å². The molecule has 2 aromatic rings. The van der Waals surface area contributed by atoms with Crippen LogP contribution in [-0.4, -0.2) is 36.3 Å². The van der Waals surface area contributed by atoms with E-state index in [9.17, 15) is 13.6 Å². The summed E-state index contributed by atoms with van der Waals surface area (Å²) < 4.78 is 32.9. The number of nitrogens with zero attached hydrogens (tertiary/aromatic N) is 1. The Bertz CT molecular complexity index is 773. The van der Waals surface area contributed by atoms with Crippen LogP contribution in [0.5, 0.6) is 5.75 Å². The maximum absolute atomic E-state index is 14.0. The van der Waals surface area contributed by atoms with Crippen molar-refractivity contribution in [2.45, 2.75) is 11.7 Å². The van der Waals surface area contributed by atoms with E-state index >= 15 is 0 Å². The Hall–Kier alpha value is -1.79. The lowest BCUT2D eigenvalue weighted by molar-refractivity contribution is -0.133. The van der Waals surface area contributed by atoms with Gasteiger partial charge in [0.15, 0.2) is 6.61 Å². The van der Waals surface area contributed by atoms with Crippen LogP contribution in [0.1, 0.15) is 17.2 Å². The lowest BCUT2D eigenvalue weighted by Crippen LogP contribution is -2.36. The van der Waals surface area contributed by atoms with Crippen molar-refractivity contribution in [3.63, 3.8) is 0 Å². The van der Waals surface area contributed by atoms with Crippen molar-refractivity contribution in [1.29, 1.82) is 0 Å². The van der Waals surface area contributed by atoms with Gasteiger partial charge in [-0.1, -0.05) is 11.6 Å². The average Bonchev–Trinajstić information content (AvgIpc) is 2.89. The van der Waals surface area contributed by atoms with Crippen molar-refractivity contribution < 1.29 is 18.3 Å². The molecule has 1 saturated heterocycles. The molecule has 0 aromatic heterocycles. The first-order valence-corrected chi connectivity index (χ1v) is 9.68. The van der Waals surface area contributed by atoms with Crippen LogP contribution >= 0.6 is 23.4 Å². The topological polar surface area (TPSA) is 29.5 Å². The van der Waals surface area contributed by atoms with Crippen LogP contribution in [-0.2, 0) is 4.79 Å². The minimum Gasteiger partial charge on any atom is -0.484 e. The maximum Gasteiger partial charge on any atom is 0.260 e. The van der Waals surface area contributed by atoms with Crippen LogP contribution in [0.25, 0.3) is 0 Å². The second-order valence-corrected chi connectivity index (χ2v) is 7.68. The molecule has 3 nitrogen and oxygen atoms in total. The third kappa shape index (κ3) is 4.89. The maximum atomic E-state index is 14.0. The van der Waals surface area contributed by atoms with Crippen LogP contribution in [0.3, 0.4) is 0 Å². The summed E-state index contributed by atoms with van der Waals surface area (Å²) in [6.45, 7) is 0.975. The van der Waals surface area contributed by atoms with Crippen molar-refractivity contribution in [3.05, 3.63) is 64.7 Å². The molecule has 7 heteroatoms. The summed E-state index contributed by atoms with van der Waals surface area (Å²) in [7, 11) is 0. The van der Waals surface area contributed by atoms with Gasteiger partial charge in [-0.2, -0.15) is 11.8 Å². The summed E-state index contributed by atoms with van der Waals surface area (Å²) in [5, 5.41) is 0.435. The summed E-state index contributed by atoms with van der Waals surface area (Å²) in [6.07, 6.45) is 0.567. The molecule has 0 bridgehead atoms. The SMILES string of the molecule is O=C(COc1ccc(Cl)cc1)N1CCS[C@@H](c2cc(F)ccc2F)CC1. The van der Waals surface area contributed by atoms with Gasteiger partial charge in [-0.15, -0.1) is 0 Å². The van der Waals surface area contributed by atoms with E-state index in [1.54, 1.807) is 40.9 Å². The second kappa shape index (κ2) is 8.73. The van der Waals surface area contributed by atoms with Gasteiger partial charge in [0.25, 0.3) is 5.91 Å². The molecule has 3 rings (SSSR count). The van der Waals surface area contributed by atoms with Crippen LogP contribution in [0.2, 0.25) is 5.02 Å². The molecule has 0 aliphatic carbocycles. The Morgan fingerprint density at radius 1 is 1.19 bits per heavy atom. The normalized spacial score (nSPS) is 17.7. The molecular formula is C19H18ClF2NO2S. The van der Waals surface area contributed by atoms with Crippen molar-refractivity contribution >= 4 is 29.3 Å². The number of thioether (sulfide) groups is 1. The predicted molar refractivity (Wildman–Crippen MR) is 99.7 cm³/mol. The molecule has 0 unspecified atom stereocenters. The van der Waals surface area contributed by atoms with Gasteiger partial charge in [-0.05, 0) is 48.9 Å². The standard InChI is InChI=1S/C19H18ClF2NO2S/c20-13-1-4-15(5-2-13)25-12-19(24)23-8-7-18(26-10-9-23)16-11-14(21)3-6-17(16)22/h1-6,11,18H,7-10,12H2/t18-/m1/s1. The molecule has 2 aromatic carbocycles. The number of ether oxygens (including phenoxy) is 1. The number of carbonyl (C=O) groups is 1. The zero-order valence-corrected chi connectivity index (χ0v) is 15.5. The van der Waals surface area contributed by atoms with Gasteiger partial charge in [0.05, 0.1) is 0 Å². The van der Waals surface area contributed by atoms with Gasteiger partial charge in [0.2, 0.25) is 0 Å². The molecule has 1 fully saturated rings. The highest BCUT2D eigenvalue weighted by molar-refractivity contribution is 7.99. The fraction of sp³-hybridized carbons (Fsp3) is 0.316. The summed E-state index contributed by atoms with van der Waals surface area (Å²) in [4.78, 5) is 14.1. The third-order valence-electron chi connectivity index (χ3n) is 4.18. The zero-order chi connectivity index (χ0) is 18.5. The number of halogens is 3. The van der Waals surface area contributed by atoms with Crippen molar-refractivity contribution in [3.8, 4) is 5.75 Å². The van der Waals surface area contributed by atoms with E-state index < -0.39 is 11.6 Å². The van der Waals surface area contributed by atoms with Crippen molar-refractivity contribution in [2.24, 2.45) is 0 Å². The lowest BCUT2D eigenvalue weighted by Gasteiger charge is -2.20. The third-order valence-corrected chi connectivity index (χ3v) is 5.74. The smallest absolute Gasteiger partial charge is 0.260 e. The Kier molecular flexibility index (Phi) is 6.38. The monoisotopic (exact) mass is 397 g/mol. The van der Waals surface area contributed by atoms with Crippen molar-refractivity contribution in [2.75, 3.05) is 25.4 Å². The van der Waals surface area contributed by atoms with E-state index in [-0.39, 0.29) is 17.8 Å². The van der Waals surface area contributed by atoms with Crippen LogP contribution in [0, 0.1) is 11.6 Å². The predicted octanol–water partition coefficient (Wildman–Crippen LogP) is 4.70. The Morgan fingerprint density at radius 3 is 2.73 bits per heavy atom. The molecule has 1 atom stereocenters. The molecule has 0 radical (unpaired) electrons. The number of amides is 1. The molecule has 1 amide bonds. The summed E-state index contributed by atoms with van der Waals surface area (Å²) in [6, 6.07) is 10.3. The Morgan fingerprint density at radius 2 is 1.96 bits per heavy atom. The van der Waals surface area contributed by atoms with Gasteiger partial charge in [0, 0.05) is 34.7 Å². The molecule has 0 N–H and O–H groups in total. The molecular weight excluding hydrogens is 380 g/mol. The first kappa shape index (κ1) is 19.0. The quantitative estimate of drug-likeness (QED) is 0.748. The van der Waals surface area contributed by atoms with E-state index in [0.717, 1.165) is 12.1 Å². The molecule has 0 saturated carbocycles. The fourth-order valence-corrected chi connectivity index (χ4v) is 4.17. The number of rotatable bonds is 4. The first-order chi connectivity index (χ1) is 12.5. The average molecular weight is 398 g/mol. The van der Waals surface area contributed by atoms with Gasteiger partial charge in [0.1, 0.15) is 17.4 Å². The largest absolute Gasteiger partial charge is 0.484 e. The van der Waals surface area contributed by atoms with Gasteiger partial charge in [-0.3, -0.25) is 4.79 Å². The Balaban J connectivity index is 1.56. The lowest BCUT2D eigenvalue weighted by atomic mass is 10.1. The molecule has 26 heavy (non-hydrogen) atoms. The van der Waals surface area contributed by atoms with Gasteiger partial charge in [-0.25, -0.2) is 8.78 Å². The number of carbonyl (C=O) groups excluding carboxylic acids is 1. The van der Waals surface area contributed by atoms with Gasteiger partial charge < -0.3 is 9.64 Å². The van der Waals surface area contributed by atoms with E-state index in [2.05, 4.69) is 0 Å². The highest BCUT2D eigenvalue weighted by Crippen LogP contribution is 2.36. The summed E-state index contributed by atoms with van der Waals surface area (Å²) >= 11 is 7.36. The van der Waals surface area contributed by atoms with E-state index in [1.165, 1.54) is 6.07 Å². The minimum atomic E-state index is -0.449. The number of hydrogen-bond donors (Lipinski definition) is 0. The first-order valence-electron chi connectivity index (χ1n) is 8.25. The highest BCUT2D eigenvalue weighted by atomic mass is 35.5. The second-order valence-electron chi connectivity index (χ2n) is 5.94. The molecule has 0 spiro atoms. The van der Waals surface area contributed by atoms with E-state index in [4.69, 9.17) is 16.3 Å². The zero-order valence-electron chi connectivity index (χ0n) is 14.0. The van der Waals surface area contributed by atoms with Gasteiger partial charge >= 0.3 is 0 Å². The molecule has 138 valence electrons.